The molecule has 0 fully saturated rings. The lowest BCUT2D eigenvalue weighted by molar-refractivity contribution is -0.123. The fraction of sp³-hybridized carbons (Fsp3) is 0.304. The predicted octanol–water partition coefficient (Wildman–Crippen LogP) is 1.55. The van der Waals surface area contributed by atoms with Gasteiger partial charge in [0, 0.05) is 29.8 Å². The first-order valence-electron chi connectivity index (χ1n) is 11.2. The monoisotopic (exact) mass is 515 g/mol. The lowest BCUT2D eigenvalue weighted by Crippen LogP contribution is -2.33. The van der Waals surface area contributed by atoms with Gasteiger partial charge in [-0.05, 0) is 25.0 Å². The lowest BCUT2D eigenvalue weighted by Gasteiger charge is -2.10. The van der Waals surface area contributed by atoms with Crippen molar-refractivity contribution in [2.45, 2.75) is 32.2 Å². The Morgan fingerprint density at radius 3 is 2.70 bits per heavy atom. The molecule has 4 aromatic rings. The molecule has 4 heterocycles. The van der Waals surface area contributed by atoms with Gasteiger partial charge in [0.1, 0.15) is 19.8 Å². The van der Waals surface area contributed by atoms with Gasteiger partial charge in [0.15, 0.2) is 17.1 Å². The average Bonchev–Trinajstić information content (AvgIpc) is 3.53. The van der Waals surface area contributed by atoms with Gasteiger partial charge in [-0.1, -0.05) is 17.3 Å². The van der Waals surface area contributed by atoms with Gasteiger partial charge in [-0.25, -0.2) is 0 Å². The van der Waals surface area contributed by atoms with Crippen LogP contribution in [0.3, 0.4) is 0 Å². The number of hydrogen-bond acceptors (Lipinski definition) is 9. The number of carbonyl (C=O) groups excluding carboxylic acids is 1. The standard InChI is InChI=1S/C23H20F3N7O4/c1-35-11-15-8-18(32-37-15)20-30-29-19-16-4-2-3-5-17(16)22(31-33(19)20)36-10-14-7-6-13(9-27-14)21(34)28-12-23(24,25)26/h4-9H,2-3,10-12H2,1H3,(H,28,34). The van der Waals surface area contributed by atoms with Crippen LogP contribution in [0, 0.1) is 0 Å². The van der Waals surface area contributed by atoms with Gasteiger partial charge in [-0.3, -0.25) is 9.78 Å². The van der Waals surface area contributed by atoms with Crippen LogP contribution in [0.5, 0.6) is 5.88 Å². The van der Waals surface area contributed by atoms with Crippen LogP contribution in [-0.4, -0.2) is 55.7 Å². The molecule has 14 heteroatoms. The molecule has 0 radical (unpaired) electrons. The predicted molar refractivity (Wildman–Crippen MR) is 121 cm³/mol. The summed E-state index contributed by atoms with van der Waals surface area (Å²) in [6, 6.07) is 4.57. The van der Waals surface area contributed by atoms with Crippen molar-refractivity contribution in [2.75, 3.05) is 13.7 Å². The second-order valence-corrected chi connectivity index (χ2v) is 8.11. The summed E-state index contributed by atoms with van der Waals surface area (Å²) in [6.45, 7) is -1.17. The average molecular weight is 515 g/mol. The van der Waals surface area contributed by atoms with Gasteiger partial charge in [0.05, 0.1) is 11.3 Å². The number of rotatable bonds is 8. The summed E-state index contributed by atoms with van der Waals surface area (Å²) in [6.07, 6.45) is 2.34. The molecular formula is C23H20F3N7O4. The molecule has 0 atom stereocenters. The summed E-state index contributed by atoms with van der Waals surface area (Å²) in [5, 5.41) is 20.5. The molecule has 4 aromatic heterocycles. The summed E-state index contributed by atoms with van der Waals surface area (Å²) in [5.74, 6) is 0.324. The maximum Gasteiger partial charge on any atom is 0.405 e. The molecule has 192 valence electrons. The van der Waals surface area contributed by atoms with Crippen molar-refractivity contribution >= 4 is 23.7 Å². The Kier molecular flexibility index (Phi) is 6.56. The molecule has 37 heavy (non-hydrogen) atoms. The summed E-state index contributed by atoms with van der Waals surface area (Å²) >= 11 is 0. The SMILES string of the molecule is COCc1cc(-c2nnc3c4c(c(OCc5ccc(C(=O)NCC(F)(F)F)cn5)nn23)=CCCC=4)no1. The maximum absolute atomic E-state index is 12.3. The Labute approximate surface area is 206 Å². The molecule has 0 aliphatic heterocycles. The Balaban J connectivity index is 1.40. The number of carbonyl (C=O) groups is 1. The van der Waals surface area contributed by atoms with E-state index >= 15 is 0 Å². The van der Waals surface area contributed by atoms with E-state index in [1.807, 2.05) is 12.2 Å². The van der Waals surface area contributed by atoms with Crippen molar-refractivity contribution in [1.82, 2.24) is 35.3 Å². The largest absolute Gasteiger partial charge is 0.470 e. The molecule has 1 aliphatic rings. The van der Waals surface area contributed by atoms with E-state index in [2.05, 4.69) is 25.4 Å². The first-order chi connectivity index (χ1) is 17.8. The summed E-state index contributed by atoms with van der Waals surface area (Å²) < 4.78 is 54.8. The molecule has 0 spiro atoms. The van der Waals surface area contributed by atoms with E-state index in [1.165, 1.54) is 22.8 Å². The highest BCUT2D eigenvalue weighted by Gasteiger charge is 2.28. The molecule has 0 bridgehead atoms. The molecule has 1 N–H and O–H groups in total. The highest BCUT2D eigenvalue weighted by atomic mass is 19.4. The zero-order valence-corrected chi connectivity index (χ0v) is 19.4. The molecule has 5 rings (SSSR count). The van der Waals surface area contributed by atoms with E-state index in [9.17, 15) is 18.0 Å². The first-order valence-corrected chi connectivity index (χ1v) is 11.2. The lowest BCUT2D eigenvalue weighted by atomic mass is 10.1. The van der Waals surface area contributed by atoms with Crippen molar-refractivity contribution in [3.63, 3.8) is 0 Å². The van der Waals surface area contributed by atoms with Crippen molar-refractivity contribution in [3.05, 3.63) is 51.9 Å². The van der Waals surface area contributed by atoms with E-state index in [0.29, 0.717) is 34.5 Å². The quantitative estimate of drug-likeness (QED) is 0.372. The van der Waals surface area contributed by atoms with Crippen molar-refractivity contribution in [2.24, 2.45) is 0 Å². The minimum absolute atomic E-state index is 0.00226. The number of aromatic nitrogens is 6. The Bertz CT molecular complexity index is 1560. The molecule has 0 saturated heterocycles. The van der Waals surface area contributed by atoms with Crippen LogP contribution in [0.15, 0.2) is 28.9 Å². The number of halogens is 3. The second kappa shape index (κ2) is 9.97. The van der Waals surface area contributed by atoms with E-state index < -0.39 is 18.6 Å². The second-order valence-electron chi connectivity index (χ2n) is 8.11. The van der Waals surface area contributed by atoms with Crippen LogP contribution >= 0.6 is 0 Å². The van der Waals surface area contributed by atoms with Crippen LogP contribution in [0.2, 0.25) is 0 Å². The summed E-state index contributed by atoms with van der Waals surface area (Å²) in [5.41, 5.74) is 1.42. The minimum atomic E-state index is -4.50. The number of pyridine rings is 1. The van der Waals surface area contributed by atoms with Crippen LogP contribution in [-0.2, 0) is 18.0 Å². The van der Waals surface area contributed by atoms with E-state index in [4.69, 9.17) is 14.0 Å². The maximum atomic E-state index is 12.3. The van der Waals surface area contributed by atoms with E-state index in [0.717, 1.165) is 23.3 Å². The number of methoxy groups -OCH3 is 1. The molecule has 0 aromatic carbocycles. The molecular weight excluding hydrogens is 495 g/mol. The Morgan fingerprint density at radius 1 is 1.16 bits per heavy atom. The van der Waals surface area contributed by atoms with E-state index in [-0.39, 0.29) is 18.8 Å². The highest BCUT2D eigenvalue weighted by Crippen LogP contribution is 2.18. The van der Waals surface area contributed by atoms with Gasteiger partial charge in [-0.15, -0.1) is 15.3 Å². The molecule has 0 saturated carbocycles. The minimum Gasteiger partial charge on any atom is -0.470 e. The number of alkyl halides is 3. The normalized spacial score (nSPS) is 13.1. The summed E-state index contributed by atoms with van der Waals surface area (Å²) in [4.78, 5) is 16.0. The number of nitrogens with zero attached hydrogens (tertiary/aromatic N) is 6. The van der Waals surface area contributed by atoms with Crippen molar-refractivity contribution < 1.29 is 32.0 Å². The zero-order valence-electron chi connectivity index (χ0n) is 19.4. The number of fused-ring (bicyclic) bond motifs is 3. The van der Waals surface area contributed by atoms with Crippen LogP contribution < -0.4 is 20.5 Å². The van der Waals surface area contributed by atoms with Gasteiger partial charge < -0.3 is 19.3 Å². The third kappa shape index (κ3) is 5.28. The molecule has 1 aliphatic carbocycles. The smallest absolute Gasteiger partial charge is 0.405 e. The van der Waals surface area contributed by atoms with Crippen molar-refractivity contribution in [1.29, 1.82) is 0 Å². The number of ether oxygens (including phenoxy) is 2. The molecule has 11 nitrogen and oxygen atoms in total. The third-order valence-electron chi connectivity index (χ3n) is 5.42. The van der Waals surface area contributed by atoms with E-state index in [1.54, 1.807) is 18.5 Å². The van der Waals surface area contributed by atoms with Crippen LogP contribution in [0.25, 0.3) is 29.3 Å². The third-order valence-corrected chi connectivity index (χ3v) is 5.42. The van der Waals surface area contributed by atoms with Gasteiger partial charge in [-0.2, -0.15) is 17.7 Å². The number of amides is 1. The van der Waals surface area contributed by atoms with Crippen LogP contribution in [0.1, 0.15) is 34.7 Å². The van der Waals surface area contributed by atoms with Crippen molar-refractivity contribution in [3.8, 4) is 17.4 Å². The topological polar surface area (TPSA) is 130 Å². The highest BCUT2D eigenvalue weighted by molar-refractivity contribution is 5.93. The van der Waals surface area contributed by atoms with Gasteiger partial charge in [0.25, 0.3) is 5.91 Å². The Hall–Kier alpha value is -4.33. The molecule has 0 unspecified atom stereocenters. The number of nitrogens with one attached hydrogen (secondary N) is 1. The Morgan fingerprint density at radius 2 is 1.97 bits per heavy atom. The number of hydrogen-bond donors (Lipinski definition) is 1. The zero-order chi connectivity index (χ0) is 26.0. The molecule has 1 amide bonds. The fourth-order valence-electron chi connectivity index (χ4n) is 3.74. The fourth-order valence-corrected chi connectivity index (χ4v) is 3.74. The van der Waals surface area contributed by atoms with Gasteiger partial charge >= 0.3 is 6.18 Å². The first kappa shape index (κ1) is 24.4. The van der Waals surface area contributed by atoms with Crippen LogP contribution in [0.4, 0.5) is 13.2 Å². The summed E-state index contributed by atoms with van der Waals surface area (Å²) in [7, 11) is 1.55. The van der Waals surface area contributed by atoms with Gasteiger partial charge in [0.2, 0.25) is 11.7 Å².